The van der Waals surface area contributed by atoms with Crippen LogP contribution in [-0.2, 0) is 0 Å². The van der Waals surface area contributed by atoms with Crippen LogP contribution in [0.15, 0.2) is 60.7 Å². The minimum absolute atomic E-state index is 0.753. The molecule has 1 nitrogen and oxygen atoms in total. The molecular formula is C25H28N+. The van der Waals surface area contributed by atoms with Crippen molar-refractivity contribution in [3.8, 4) is 11.8 Å². The largest absolute Gasteiger partial charge is 0.211 e. The Morgan fingerprint density at radius 2 is 1.08 bits per heavy atom. The molecule has 0 radical (unpaired) electrons. The highest BCUT2D eigenvalue weighted by atomic mass is 15.1. The van der Waals surface area contributed by atoms with Gasteiger partial charge in [-0.3, -0.25) is 0 Å². The topological polar surface area (TPSA) is 3.01 Å². The van der Waals surface area contributed by atoms with Crippen LogP contribution in [0, 0.1) is 23.7 Å². The van der Waals surface area contributed by atoms with Crippen LogP contribution >= 0.6 is 0 Å². The predicted octanol–water partition coefficient (Wildman–Crippen LogP) is 6.35. The highest BCUT2D eigenvalue weighted by Crippen LogP contribution is 2.45. The van der Waals surface area contributed by atoms with Crippen LogP contribution in [0.1, 0.15) is 51.4 Å². The van der Waals surface area contributed by atoms with Gasteiger partial charge in [0.15, 0.2) is 5.71 Å². The second kappa shape index (κ2) is 8.37. The zero-order valence-electron chi connectivity index (χ0n) is 15.5. The number of fused-ring (bicyclic) bond motifs is 1. The van der Waals surface area contributed by atoms with E-state index in [-0.39, 0.29) is 0 Å². The monoisotopic (exact) mass is 342 g/mol. The average Bonchev–Trinajstić information content (AvgIpc) is 3.35. The Morgan fingerprint density at radius 1 is 0.615 bits per heavy atom. The molecule has 1 heteroatoms. The molecule has 0 saturated heterocycles. The Balaban J connectivity index is 1.68. The number of rotatable bonds is 2. The molecule has 1 fully saturated rings. The van der Waals surface area contributed by atoms with Crippen molar-refractivity contribution < 1.29 is 0 Å². The summed E-state index contributed by atoms with van der Waals surface area (Å²) in [7, 11) is 0. The van der Waals surface area contributed by atoms with Gasteiger partial charge in [-0.25, -0.2) is 0 Å². The average molecular weight is 343 g/mol. The maximum Gasteiger partial charge on any atom is 0.211 e. The molecule has 132 valence electrons. The molecular weight excluding hydrogens is 314 g/mol. The Bertz CT molecular complexity index is 742. The van der Waals surface area contributed by atoms with E-state index in [2.05, 4.69) is 77.1 Å². The molecule has 0 amide bonds. The molecule has 2 aliphatic rings. The molecule has 0 bridgehead atoms. The molecule has 2 aliphatic carbocycles. The zero-order valence-corrected chi connectivity index (χ0v) is 15.5. The number of hydrogen-bond donors (Lipinski definition) is 0. The Hall–Kier alpha value is -2.33. The summed E-state index contributed by atoms with van der Waals surface area (Å²) in [6.45, 7) is 0. The smallest absolute Gasteiger partial charge is 0.161 e. The Labute approximate surface area is 157 Å². The highest BCUT2D eigenvalue weighted by molar-refractivity contribution is 6.07. The van der Waals surface area contributed by atoms with Crippen LogP contribution < -0.4 is 4.58 Å². The summed E-state index contributed by atoms with van der Waals surface area (Å²) >= 11 is 0. The fourth-order valence-electron chi connectivity index (χ4n) is 4.33. The van der Waals surface area contributed by atoms with Crippen molar-refractivity contribution in [2.75, 3.05) is 0 Å². The lowest BCUT2D eigenvalue weighted by Gasteiger charge is -2.02. The molecule has 2 unspecified atom stereocenters. The van der Waals surface area contributed by atoms with Crippen molar-refractivity contribution in [2.24, 2.45) is 11.8 Å². The molecule has 0 aliphatic heterocycles. The lowest BCUT2D eigenvalue weighted by molar-refractivity contribution is 0.547. The van der Waals surface area contributed by atoms with Crippen molar-refractivity contribution >= 4 is 17.1 Å². The van der Waals surface area contributed by atoms with E-state index < -0.39 is 0 Å². The van der Waals surface area contributed by atoms with E-state index in [0.29, 0.717) is 0 Å². The van der Waals surface area contributed by atoms with Gasteiger partial charge in [0.25, 0.3) is 0 Å². The number of para-hydroxylation sites is 2. The summed E-state index contributed by atoms with van der Waals surface area (Å²) in [5, 5.41) is 0. The van der Waals surface area contributed by atoms with E-state index in [1.54, 1.807) is 5.71 Å². The second-order valence-corrected chi connectivity index (χ2v) is 7.49. The van der Waals surface area contributed by atoms with Crippen molar-refractivity contribution in [3.05, 3.63) is 60.7 Å². The molecule has 1 saturated carbocycles. The second-order valence-electron chi connectivity index (χ2n) is 7.49. The third-order valence-corrected chi connectivity index (χ3v) is 5.68. The lowest BCUT2D eigenvalue weighted by atomic mass is 10.1. The first-order valence-corrected chi connectivity index (χ1v) is 10.2. The minimum atomic E-state index is 0.753. The van der Waals surface area contributed by atoms with Crippen LogP contribution in [0.4, 0.5) is 11.4 Å². The van der Waals surface area contributed by atoms with Gasteiger partial charge < -0.3 is 0 Å². The summed E-state index contributed by atoms with van der Waals surface area (Å²) < 4.78 is 2.53. The lowest BCUT2D eigenvalue weighted by Crippen LogP contribution is -2.08. The van der Waals surface area contributed by atoms with E-state index in [0.717, 1.165) is 24.7 Å². The maximum atomic E-state index is 3.35. The molecule has 0 spiro atoms. The van der Waals surface area contributed by atoms with Gasteiger partial charge in [-0.05, 0) is 25.7 Å². The van der Waals surface area contributed by atoms with Crippen molar-refractivity contribution in [1.82, 2.24) is 4.58 Å². The quantitative estimate of drug-likeness (QED) is 0.442. The minimum Gasteiger partial charge on any atom is -0.161 e. The van der Waals surface area contributed by atoms with Gasteiger partial charge in [-0.15, -0.1) is 11.8 Å². The van der Waals surface area contributed by atoms with Crippen LogP contribution in [-0.4, -0.2) is 5.71 Å². The summed E-state index contributed by atoms with van der Waals surface area (Å²) in [4.78, 5) is 0. The van der Waals surface area contributed by atoms with E-state index in [9.17, 15) is 0 Å². The number of benzene rings is 2. The van der Waals surface area contributed by atoms with E-state index in [1.165, 1.54) is 49.9 Å². The Morgan fingerprint density at radius 3 is 1.54 bits per heavy atom. The third-order valence-electron chi connectivity index (χ3n) is 5.68. The van der Waals surface area contributed by atoms with Gasteiger partial charge in [0, 0.05) is 37.1 Å². The number of hydrogen-bond acceptors (Lipinski definition) is 0. The van der Waals surface area contributed by atoms with Crippen LogP contribution in [0.5, 0.6) is 0 Å². The van der Waals surface area contributed by atoms with Crippen LogP contribution in [0.25, 0.3) is 0 Å². The van der Waals surface area contributed by atoms with E-state index in [4.69, 9.17) is 0 Å². The fraction of sp³-hybridized carbons (Fsp3) is 0.400. The molecule has 2 aromatic carbocycles. The Kier molecular flexibility index (Phi) is 5.50. The first-order valence-electron chi connectivity index (χ1n) is 10.2. The van der Waals surface area contributed by atoms with Gasteiger partial charge in [0.1, 0.15) is 0 Å². The molecule has 2 atom stereocenters. The SMILES string of the molecule is C1#CCCCCC2C(=[N+](c3ccccc3)c3ccccc3)C2CCCC1. The number of nitrogens with zero attached hydrogens (tertiary/aromatic N) is 1. The summed E-state index contributed by atoms with van der Waals surface area (Å²) in [5.74, 6) is 8.21. The van der Waals surface area contributed by atoms with E-state index in [1.807, 2.05) is 0 Å². The fourth-order valence-corrected chi connectivity index (χ4v) is 4.33. The van der Waals surface area contributed by atoms with Crippen molar-refractivity contribution in [3.63, 3.8) is 0 Å². The summed E-state index contributed by atoms with van der Waals surface area (Å²) in [6, 6.07) is 21.8. The summed E-state index contributed by atoms with van der Waals surface area (Å²) in [5.41, 5.74) is 4.24. The third kappa shape index (κ3) is 3.91. The highest BCUT2D eigenvalue weighted by Gasteiger charge is 2.53. The van der Waals surface area contributed by atoms with Crippen LogP contribution in [0.2, 0.25) is 0 Å². The van der Waals surface area contributed by atoms with Crippen molar-refractivity contribution in [2.45, 2.75) is 51.4 Å². The predicted molar refractivity (Wildman–Crippen MR) is 111 cm³/mol. The van der Waals surface area contributed by atoms with Crippen molar-refractivity contribution in [1.29, 1.82) is 0 Å². The summed E-state index contributed by atoms with van der Waals surface area (Å²) in [6.07, 6.45) is 9.89. The molecule has 26 heavy (non-hydrogen) atoms. The normalized spacial score (nSPS) is 22.8. The first kappa shape index (κ1) is 17.1. The molecule has 0 heterocycles. The molecule has 4 rings (SSSR count). The van der Waals surface area contributed by atoms with Gasteiger partial charge in [0.2, 0.25) is 11.4 Å². The van der Waals surface area contributed by atoms with Gasteiger partial charge in [-0.2, -0.15) is 4.58 Å². The first-order chi connectivity index (χ1) is 12.9. The van der Waals surface area contributed by atoms with Gasteiger partial charge in [-0.1, -0.05) is 49.2 Å². The molecule has 0 aromatic heterocycles. The van der Waals surface area contributed by atoms with E-state index >= 15 is 0 Å². The standard InChI is InChI=1S/C25H28N/c1-2-4-6-14-20-24-23(19-13-5-3-1)25(24)26(21-15-9-7-10-16-21)22-17-11-8-12-18-22/h7-12,15-18,23-24H,3-6,13-14,19-20H2/q+1. The molecule has 2 aromatic rings. The van der Waals surface area contributed by atoms with Crippen LogP contribution in [0.3, 0.4) is 0 Å². The maximum absolute atomic E-state index is 3.35. The molecule has 0 N–H and O–H groups in total. The van der Waals surface area contributed by atoms with Gasteiger partial charge >= 0.3 is 0 Å². The zero-order chi connectivity index (χ0) is 17.6. The van der Waals surface area contributed by atoms with Gasteiger partial charge in [0.05, 0.1) is 11.8 Å².